The molecule has 0 saturated carbocycles. The second kappa shape index (κ2) is 9.08. The van der Waals surface area contributed by atoms with Gasteiger partial charge in [-0.25, -0.2) is 0 Å². The SMILES string of the molecule is CC(C)N1CCN(CC(=O)N2C[C@H](c3ccc(Cl)cc3)[C@@H](c3csnn3)C2)CC1. The maximum atomic E-state index is 13.1. The zero-order chi connectivity index (χ0) is 20.4. The van der Waals surface area contributed by atoms with Crippen LogP contribution in [0.5, 0.6) is 0 Å². The Bertz CT molecular complexity index is 805. The highest BCUT2D eigenvalue weighted by Gasteiger charge is 2.38. The Labute approximate surface area is 181 Å². The van der Waals surface area contributed by atoms with E-state index in [0.29, 0.717) is 25.7 Å². The zero-order valence-corrected chi connectivity index (χ0v) is 18.6. The highest BCUT2D eigenvalue weighted by atomic mass is 35.5. The monoisotopic (exact) mass is 433 g/mol. The van der Waals surface area contributed by atoms with E-state index < -0.39 is 0 Å². The molecule has 4 rings (SSSR count). The number of piperazine rings is 1. The van der Waals surface area contributed by atoms with Gasteiger partial charge in [0.2, 0.25) is 5.91 Å². The van der Waals surface area contributed by atoms with Gasteiger partial charge in [0, 0.05) is 67.5 Å². The number of amides is 1. The van der Waals surface area contributed by atoms with Gasteiger partial charge >= 0.3 is 0 Å². The highest BCUT2D eigenvalue weighted by molar-refractivity contribution is 7.03. The Morgan fingerprint density at radius 1 is 1.14 bits per heavy atom. The quantitative estimate of drug-likeness (QED) is 0.725. The van der Waals surface area contributed by atoms with Crippen LogP contribution in [0, 0.1) is 0 Å². The lowest BCUT2D eigenvalue weighted by Gasteiger charge is -2.37. The van der Waals surface area contributed by atoms with Crippen molar-refractivity contribution in [1.29, 1.82) is 0 Å². The molecule has 2 saturated heterocycles. The molecule has 0 aliphatic carbocycles. The molecule has 0 radical (unpaired) electrons. The van der Waals surface area contributed by atoms with Gasteiger partial charge < -0.3 is 4.90 Å². The van der Waals surface area contributed by atoms with E-state index in [9.17, 15) is 4.79 Å². The fourth-order valence-electron chi connectivity index (χ4n) is 4.42. The first-order valence-corrected chi connectivity index (χ1v) is 11.5. The Balaban J connectivity index is 1.43. The minimum absolute atomic E-state index is 0.177. The van der Waals surface area contributed by atoms with Gasteiger partial charge in [-0.2, -0.15) is 0 Å². The normalized spacial score (nSPS) is 23.8. The van der Waals surface area contributed by atoms with Crippen LogP contribution in [-0.4, -0.2) is 82.0 Å². The summed E-state index contributed by atoms with van der Waals surface area (Å²) in [6.07, 6.45) is 0. The van der Waals surface area contributed by atoms with Gasteiger partial charge in [0.1, 0.15) is 0 Å². The number of carbonyl (C=O) groups excluding carboxylic acids is 1. The molecule has 29 heavy (non-hydrogen) atoms. The molecular weight excluding hydrogens is 406 g/mol. The summed E-state index contributed by atoms with van der Waals surface area (Å²) in [4.78, 5) is 19.9. The Morgan fingerprint density at radius 3 is 2.45 bits per heavy atom. The molecule has 2 atom stereocenters. The topological polar surface area (TPSA) is 52.6 Å². The van der Waals surface area contributed by atoms with Crippen molar-refractivity contribution in [3.05, 3.63) is 45.9 Å². The van der Waals surface area contributed by atoms with Crippen LogP contribution in [0.1, 0.15) is 36.9 Å². The summed E-state index contributed by atoms with van der Waals surface area (Å²) < 4.78 is 4.05. The number of halogens is 1. The van der Waals surface area contributed by atoms with Gasteiger partial charge in [-0.15, -0.1) is 5.10 Å². The summed E-state index contributed by atoms with van der Waals surface area (Å²) in [7, 11) is 0. The minimum atomic E-state index is 0.177. The first-order valence-electron chi connectivity index (χ1n) is 10.3. The second-order valence-corrected chi connectivity index (χ2v) is 9.35. The molecule has 6 nitrogen and oxygen atoms in total. The van der Waals surface area contributed by atoms with Crippen LogP contribution in [0.15, 0.2) is 29.6 Å². The van der Waals surface area contributed by atoms with Crippen LogP contribution < -0.4 is 0 Å². The molecule has 0 bridgehead atoms. The predicted molar refractivity (Wildman–Crippen MR) is 117 cm³/mol. The molecule has 1 amide bonds. The molecule has 2 aliphatic rings. The van der Waals surface area contributed by atoms with Crippen LogP contribution in [0.3, 0.4) is 0 Å². The molecule has 2 fully saturated rings. The largest absolute Gasteiger partial charge is 0.340 e. The van der Waals surface area contributed by atoms with Crippen molar-refractivity contribution < 1.29 is 4.79 Å². The Morgan fingerprint density at radius 2 is 1.83 bits per heavy atom. The molecule has 2 aliphatic heterocycles. The summed E-state index contributed by atoms with van der Waals surface area (Å²) >= 11 is 7.45. The third-order valence-corrected chi connectivity index (χ3v) is 7.00. The molecule has 1 aromatic carbocycles. The van der Waals surface area contributed by atoms with Crippen molar-refractivity contribution in [2.75, 3.05) is 45.8 Å². The van der Waals surface area contributed by atoms with Crippen LogP contribution >= 0.6 is 23.1 Å². The van der Waals surface area contributed by atoms with Crippen molar-refractivity contribution in [1.82, 2.24) is 24.3 Å². The number of likely N-dealkylation sites (tertiary alicyclic amines) is 1. The van der Waals surface area contributed by atoms with Gasteiger partial charge in [-0.3, -0.25) is 14.6 Å². The fourth-order valence-corrected chi connectivity index (χ4v) is 5.06. The molecule has 156 valence electrons. The van der Waals surface area contributed by atoms with E-state index in [2.05, 4.69) is 45.4 Å². The minimum Gasteiger partial charge on any atom is -0.340 e. The van der Waals surface area contributed by atoms with Gasteiger partial charge in [-0.1, -0.05) is 28.2 Å². The standard InChI is InChI=1S/C21H28ClN5OS/c1-15(2)26-9-7-25(8-10-26)13-21(28)27-11-18(16-3-5-17(22)6-4-16)19(12-27)20-14-29-24-23-20/h3-6,14-15,18-19H,7-13H2,1-2H3/t18-,19+/m1/s1. The van der Waals surface area contributed by atoms with Crippen molar-refractivity contribution >= 4 is 29.0 Å². The van der Waals surface area contributed by atoms with E-state index in [1.165, 1.54) is 17.1 Å². The lowest BCUT2D eigenvalue weighted by Crippen LogP contribution is -2.51. The van der Waals surface area contributed by atoms with Gasteiger partial charge in [0.15, 0.2) is 0 Å². The molecule has 8 heteroatoms. The highest BCUT2D eigenvalue weighted by Crippen LogP contribution is 2.39. The maximum Gasteiger partial charge on any atom is 0.236 e. The van der Waals surface area contributed by atoms with E-state index in [-0.39, 0.29) is 17.7 Å². The van der Waals surface area contributed by atoms with Crippen molar-refractivity contribution in [3.63, 3.8) is 0 Å². The summed E-state index contributed by atoms with van der Waals surface area (Å²) in [6.45, 7) is 10.4. The van der Waals surface area contributed by atoms with E-state index in [4.69, 9.17) is 11.6 Å². The zero-order valence-electron chi connectivity index (χ0n) is 17.0. The van der Waals surface area contributed by atoms with E-state index >= 15 is 0 Å². The fraction of sp³-hybridized carbons (Fsp3) is 0.571. The maximum absolute atomic E-state index is 13.1. The van der Waals surface area contributed by atoms with Crippen molar-refractivity contribution in [3.8, 4) is 0 Å². The molecule has 0 N–H and O–H groups in total. The van der Waals surface area contributed by atoms with Crippen molar-refractivity contribution in [2.24, 2.45) is 0 Å². The Kier molecular flexibility index (Phi) is 6.49. The third kappa shape index (κ3) is 4.79. The summed E-state index contributed by atoms with van der Waals surface area (Å²) in [6, 6.07) is 8.55. The molecule has 0 unspecified atom stereocenters. The molecule has 3 heterocycles. The number of aromatic nitrogens is 2. The summed E-state index contributed by atoms with van der Waals surface area (Å²) in [5.74, 6) is 0.613. The number of rotatable bonds is 5. The van der Waals surface area contributed by atoms with E-state index in [0.717, 1.165) is 36.9 Å². The van der Waals surface area contributed by atoms with E-state index in [1.54, 1.807) is 0 Å². The second-order valence-electron chi connectivity index (χ2n) is 8.30. The Hall–Kier alpha value is -1.54. The van der Waals surface area contributed by atoms with Crippen LogP contribution in [0.4, 0.5) is 0 Å². The number of hydrogen-bond donors (Lipinski definition) is 0. The number of hydrogen-bond acceptors (Lipinski definition) is 6. The van der Waals surface area contributed by atoms with Crippen LogP contribution in [-0.2, 0) is 4.79 Å². The molecule has 2 aromatic rings. The van der Waals surface area contributed by atoms with Crippen LogP contribution in [0.25, 0.3) is 0 Å². The van der Waals surface area contributed by atoms with Crippen LogP contribution in [0.2, 0.25) is 5.02 Å². The molecular formula is C21H28ClN5OS. The average molecular weight is 434 g/mol. The number of carbonyl (C=O) groups is 1. The summed E-state index contributed by atoms with van der Waals surface area (Å²) in [5.41, 5.74) is 2.18. The average Bonchev–Trinajstić information content (AvgIpc) is 3.39. The number of nitrogens with zero attached hydrogens (tertiary/aromatic N) is 5. The first-order chi connectivity index (χ1) is 14.0. The lowest BCUT2D eigenvalue weighted by molar-refractivity contribution is -0.131. The molecule has 0 spiro atoms. The third-order valence-electron chi connectivity index (χ3n) is 6.22. The first kappa shape index (κ1) is 20.7. The van der Waals surface area contributed by atoms with E-state index in [1.807, 2.05) is 22.4 Å². The predicted octanol–water partition coefficient (Wildman–Crippen LogP) is 2.93. The van der Waals surface area contributed by atoms with Gasteiger partial charge in [-0.05, 0) is 43.1 Å². The molecule has 1 aromatic heterocycles. The number of benzene rings is 1. The summed E-state index contributed by atoms with van der Waals surface area (Å²) in [5, 5.41) is 7.05. The van der Waals surface area contributed by atoms with Gasteiger partial charge in [0.05, 0.1) is 12.2 Å². The van der Waals surface area contributed by atoms with Crippen molar-refractivity contribution in [2.45, 2.75) is 31.7 Å². The lowest BCUT2D eigenvalue weighted by atomic mass is 9.87. The van der Waals surface area contributed by atoms with Gasteiger partial charge in [0.25, 0.3) is 0 Å². The smallest absolute Gasteiger partial charge is 0.236 e.